The highest BCUT2D eigenvalue weighted by atomic mass is 16.6. The molecule has 1 aromatic carbocycles. The zero-order valence-electron chi connectivity index (χ0n) is 9.05. The van der Waals surface area contributed by atoms with E-state index in [0.717, 1.165) is 11.3 Å². The molecule has 3 heteroatoms. The SMILES string of the molecule is CC1=NOC(c2ccccc2)C1[C@H](C)N. The lowest BCUT2D eigenvalue weighted by molar-refractivity contribution is 0.0567. The molecule has 15 heavy (non-hydrogen) atoms. The molecule has 3 atom stereocenters. The van der Waals surface area contributed by atoms with Gasteiger partial charge in [-0.15, -0.1) is 0 Å². The lowest BCUT2D eigenvalue weighted by atomic mass is 9.88. The molecule has 0 spiro atoms. The summed E-state index contributed by atoms with van der Waals surface area (Å²) >= 11 is 0. The van der Waals surface area contributed by atoms with E-state index in [4.69, 9.17) is 10.6 Å². The first kappa shape index (κ1) is 10.2. The van der Waals surface area contributed by atoms with Gasteiger partial charge in [0.1, 0.15) is 0 Å². The zero-order valence-corrected chi connectivity index (χ0v) is 9.05. The molecular formula is C12H16N2O. The van der Waals surface area contributed by atoms with Gasteiger partial charge >= 0.3 is 0 Å². The molecule has 0 aromatic heterocycles. The van der Waals surface area contributed by atoms with E-state index in [9.17, 15) is 0 Å². The maximum absolute atomic E-state index is 5.96. The molecule has 0 fully saturated rings. The fraction of sp³-hybridized carbons (Fsp3) is 0.417. The second kappa shape index (κ2) is 4.03. The molecule has 2 N–H and O–H groups in total. The molecule has 80 valence electrons. The van der Waals surface area contributed by atoms with Gasteiger partial charge in [-0.05, 0) is 19.4 Å². The first-order chi connectivity index (χ1) is 7.20. The molecule has 0 saturated heterocycles. The van der Waals surface area contributed by atoms with Crippen molar-refractivity contribution in [3.05, 3.63) is 35.9 Å². The predicted octanol–water partition coefficient (Wildman–Crippen LogP) is 2.10. The maximum Gasteiger partial charge on any atom is 0.162 e. The molecule has 3 nitrogen and oxygen atoms in total. The van der Waals surface area contributed by atoms with E-state index in [1.807, 2.05) is 44.2 Å². The lowest BCUT2D eigenvalue weighted by Crippen LogP contribution is -2.33. The minimum Gasteiger partial charge on any atom is -0.387 e. The van der Waals surface area contributed by atoms with Gasteiger partial charge < -0.3 is 10.6 Å². The number of nitrogens with zero attached hydrogens (tertiary/aromatic N) is 1. The highest BCUT2D eigenvalue weighted by molar-refractivity contribution is 5.86. The van der Waals surface area contributed by atoms with Crippen molar-refractivity contribution in [2.24, 2.45) is 16.8 Å². The molecule has 2 rings (SSSR count). The molecular weight excluding hydrogens is 188 g/mol. The average Bonchev–Trinajstić information content (AvgIpc) is 2.61. The zero-order chi connectivity index (χ0) is 10.8. The Bertz CT molecular complexity index is 359. The quantitative estimate of drug-likeness (QED) is 0.802. The predicted molar refractivity (Wildman–Crippen MR) is 60.5 cm³/mol. The third-order valence-corrected chi connectivity index (χ3v) is 2.81. The maximum atomic E-state index is 5.96. The van der Waals surface area contributed by atoms with Gasteiger partial charge in [0.15, 0.2) is 6.10 Å². The lowest BCUT2D eigenvalue weighted by Gasteiger charge is -2.21. The second-order valence-electron chi connectivity index (χ2n) is 4.05. The molecule has 1 aromatic rings. The van der Waals surface area contributed by atoms with Crippen LogP contribution in [-0.2, 0) is 4.84 Å². The van der Waals surface area contributed by atoms with Crippen molar-refractivity contribution in [1.82, 2.24) is 0 Å². The summed E-state index contributed by atoms with van der Waals surface area (Å²) in [5.41, 5.74) is 8.08. The van der Waals surface area contributed by atoms with Crippen molar-refractivity contribution in [3.63, 3.8) is 0 Å². The molecule has 0 bridgehead atoms. The monoisotopic (exact) mass is 204 g/mol. The molecule has 1 heterocycles. The van der Waals surface area contributed by atoms with Gasteiger partial charge in [-0.1, -0.05) is 35.5 Å². The van der Waals surface area contributed by atoms with Gasteiger partial charge in [0.25, 0.3) is 0 Å². The van der Waals surface area contributed by atoms with Crippen molar-refractivity contribution in [2.75, 3.05) is 0 Å². The molecule has 2 unspecified atom stereocenters. The summed E-state index contributed by atoms with van der Waals surface area (Å²) in [7, 11) is 0. The van der Waals surface area contributed by atoms with Crippen LogP contribution in [0.3, 0.4) is 0 Å². The number of benzene rings is 1. The Labute approximate surface area is 89.9 Å². The molecule has 0 aliphatic carbocycles. The van der Waals surface area contributed by atoms with E-state index >= 15 is 0 Å². The summed E-state index contributed by atoms with van der Waals surface area (Å²) in [6.45, 7) is 3.96. The second-order valence-corrected chi connectivity index (χ2v) is 4.05. The standard InChI is InChI=1S/C12H16N2O/c1-8(13)11-9(2)14-15-12(11)10-6-4-3-5-7-10/h3-8,11-12H,13H2,1-2H3/t8-,11?,12?/m0/s1. The normalized spacial score (nSPS) is 27.0. The third kappa shape index (κ3) is 1.88. The van der Waals surface area contributed by atoms with E-state index in [0.29, 0.717) is 0 Å². The van der Waals surface area contributed by atoms with E-state index in [1.54, 1.807) is 0 Å². The van der Waals surface area contributed by atoms with Crippen LogP contribution in [0, 0.1) is 5.92 Å². The first-order valence-corrected chi connectivity index (χ1v) is 5.21. The van der Waals surface area contributed by atoms with Crippen molar-refractivity contribution in [2.45, 2.75) is 26.0 Å². The number of rotatable bonds is 2. The van der Waals surface area contributed by atoms with Crippen LogP contribution in [0.1, 0.15) is 25.5 Å². The Morgan fingerprint density at radius 3 is 2.60 bits per heavy atom. The van der Waals surface area contributed by atoms with Crippen LogP contribution in [0.2, 0.25) is 0 Å². The van der Waals surface area contributed by atoms with Crippen molar-refractivity contribution in [1.29, 1.82) is 0 Å². The highest BCUT2D eigenvalue weighted by Crippen LogP contribution is 2.34. The van der Waals surface area contributed by atoms with E-state index < -0.39 is 0 Å². The largest absolute Gasteiger partial charge is 0.387 e. The minimum absolute atomic E-state index is 0.0220. The summed E-state index contributed by atoms with van der Waals surface area (Å²) < 4.78 is 0. The van der Waals surface area contributed by atoms with Crippen LogP contribution in [0.5, 0.6) is 0 Å². The van der Waals surface area contributed by atoms with Crippen molar-refractivity contribution in [3.8, 4) is 0 Å². The fourth-order valence-electron chi connectivity index (χ4n) is 2.05. The molecule has 0 radical (unpaired) electrons. The minimum atomic E-state index is -0.0220. The number of hydrogen-bond acceptors (Lipinski definition) is 3. The van der Waals surface area contributed by atoms with E-state index in [2.05, 4.69) is 5.16 Å². The summed E-state index contributed by atoms with van der Waals surface area (Å²) in [4.78, 5) is 5.43. The Hall–Kier alpha value is -1.35. The van der Waals surface area contributed by atoms with Gasteiger partial charge in [-0.3, -0.25) is 0 Å². The highest BCUT2D eigenvalue weighted by Gasteiger charge is 2.35. The molecule has 0 amide bonds. The summed E-state index contributed by atoms with van der Waals surface area (Å²) in [6.07, 6.45) is -0.0220. The van der Waals surface area contributed by atoms with E-state index in [1.165, 1.54) is 0 Å². The Morgan fingerprint density at radius 2 is 2.00 bits per heavy atom. The van der Waals surface area contributed by atoms with Crippen LogP contribution in [0.25, 0.3) is 0 Å². The van der Waals surface area contributed by atoms with Crippen LogP contribution in [-0.4, -0.2) is 11.8 Å². The van der Waals surface area contributed by atoms with Crippen molar-refractivity contribution < 1.29 is 4.84 Å². The van der Waals surface area contributed by atoms with Crippen LogP contribution in [0.15, 0.2) is 35.5 Å². The van der Waals surface area contributed by atoms with Gasteiger partial charge in [-0.25, -0.2) is 0 Å². The summed E-state index contributed by atoms with van der Waals surface area (Å²) in [5.74, 6) is 0.187. The Balaban J connectivity index is 2.25. The Kier molecular flexibility index (Phi) is 2.73. The van der Waals surface area contributed by atoms with Crippen LogP contribution < -0.4 is 5.73 Å². The molecule has 1 aliphatic rings. The fourth-order valence-corrected chi connectivity index (χ4v) is 2.05. The van der Waals surface area contributed by atoms with Gasteiger partial charge in [0.05, 0.1) is 11.6 Å². The number of hydrogen-bond donors (Lipinski definition) is 1. The smallest absolute Gasteiger partial charge is 0.162 e. The number of oxime groups is 1. The Morgan fingerprint density at radius 1 is 1.33 bits per heavy atom. The van der Waals surface area contributed by atoms with Gasteiger partial charge in [0.2, 0.25) is 0 Å². The summed E-state index contributed by atoms with van der Waals surface area (Å²) in [6, 6.07) is 10.2. The van der Waals surface area contributed by atoms with Crippen LogP contribution >= 0.6 is 0 Å². The van der Waals surface area contributed by atoms with Crippen LogP contribution in [0.4, 0.5) is 0 Å². The van der Waals surface area contributed by atoms with Gasteiger partial charge in [0, 0.05) is 6.04 Å². The third-order valence-electron chi connectivity index (χ3n) is 2.81. The summed E-state index contributed by atoms with van der Waals surface area (Å²) in [5, 5.41) is 4.03. The first-order valence-electron chi connectivity index (χ1n) is 5.21. The molecule has 0 saturated carbocycles. The van der Waals surface area contributed by atoms with Crippen molar-refractivity contribution >= 4 is 5.71 Å². The van der Waals surface area contributed by atoms with Gasteiger partial charge in [-0.2, -0.15) is 0 Å². The van der Waals surface area contributed by atoms with E-state index in [-0.39, 0.29) is 18.1 Å². The molecule has 1 aliphatic heterocycles. The topological polar surface area (TPSA) is 47.6 Å². The number of nitrogens with two attached hydrogens (primary N) is 1. The average molecular weight is 204 g/mol.